The number of amidine groups is 1. The zero-order valence-electron chi connectivity index (χ0n) is 10.8. The number of nitrogens with one attached hydrogen (secondary N) is 1. The molecule has 94 valence electrons. The summed E-state index contributed by atoms with van der Waals surface area (Å²) in [5.41, 5.74) is 0.176. The zero-order chi connectivity index (χ0) is 12.5. The fourth-order valence-corrected chi connectivity index (χ4v) is 2.90. The number of thioether (sulfide) groups is 1. The third-order valence-electron chi connectivity index (χ3n) is 3.02. The van der Waals surface area contributed by atoms with Gasteiger partial charge in [-0.15, -0.1) is 0 Å². The van der Waals surface area contributed by atoms with Gasteiger partial charge in [-0.1, -0.05) is 18.7 Å². The van der Waals surface area contributed by atoms with Crippen LogP contribution >= 0.6 is 11.8 Å². The number of nitrogens with zero attached hydrogens (tertiary/aromatic N) is 2. The van der Waals surface area contributed by atoms with Crippen LogP contribution in [0.4, 0.5) is 0 Å². The minimum atomic E-state index is -0.0297. The Balaban J connectivity index is 2.06. The third kappa shape index (κ3) is 2.83. The van der Waals surface area contributed by atoms with E-state index in [1.165, 1.54) is 0 Å². The van der Waals surface area contributed by atoms with E-state index in [2.05, 4.69) is 29.1 Å². The van der Waals surface area contributed by atoms with Gasteiger partial charge in [0.2, 0.25) is 5.89 Å². The summed E-state index contributed by atoms with van der Waals surface area (Å²) >= 11 is 1.77. The van der Waals surface area contributed by atoms with Crippen LogP contribution in [0.2, 0.25) is 0 Å². The Bertz CT molecular complexity index is 429. The van der Waals surface area contributed by atoms with Crippen LogP contribution in [0.25, 0.3) is 0 Å². The molecule has 2 heterocycles. The first-order chi connectivity index (χ1) is 8.02. The molecule has 1 saturated heterocycles. The number of oxazole rings is 1. The van der Waals surface area contributed by atoms with Crippen LogP contribution in [0.3, 0.4) is 0 Å². The van der Waals surface area contributed by atoms with Gasteiger partial charge in [0.05, 0.1) is 6.20 Å². The van der Waals surface area contributed by atoms with Gasteiger partial charge in [-0.3, -0.25) is 0 Å². The predicted octanol–water partition coefficient (Wildman–Crippen LogP) is 2.91. The highest BCUT2D eigenvalue weighted by atomic mass is 32.2. The van der Waals surface area contributed by atoms with Crippen molar-refractivity contribution in [3.63, 3.8) is 0 Å². The zero-order valence-corrected chi connectivity index (χ0v) is 11.6. The quantitative estimate of drug-likeness (QED) is 0.900. The number of hydrogen-bond donors (Lipinski definition) is 1. The fourth-order valence-electron chi connectivity index (χ4n) is 1.61. The van der Waals surface area contributed by atoms with E-state index < -0.39 is 0 Å². The van der Waals surface area contributed by atoms with E-state index in [1.54, 1.807) is 18.0 Å². The highest BCUT2D eigenvalue weighted by Gasteiger charge is 2.31. The molecule has 1 aliphatic rings. The average Bonchev–Trinajstić information content (AvgIpc) is 2.86. The topological polar surface area (TPSA) is 50.4 Å². The SMILES string of the molecule is CCC1(C)CSC(=NC(C)c2ncc(C)o2)N1. The number of aromatic nitrogens is 1. The van der Waals surface area contributed by atoms with E-state index in [9.17, 15) is 0 Å². The molecule has 0 amide bonds. The molecular weight excluding hydrogens is 234 g/mol. The van der Waals surface area contributed by atoms with Gasteiger partial charge >= 0.3 is 0 Å². The maximum Gasteiger partial charge on any atom is 0.218 e. The second-order valence-electron chi connectivity index (χ2n) is 4.75. The first-order valence-electron chi connectivity index (χ1n) is 5.93. The molecule has 2 unspecified atom stereocenters. The normalized spacial score (nSPS) is 28.4. The van der Waals surface area contributed by atoms with E-state index in [0.717, 1.165) is 23.1 Å². The van der Waals surface area contributed by atoms with Crippen LogP contribution in [0.5, 0.6) is 0 Å². The molecule has 1 aliphatic heterocycles. The summed E-state index contributed by atoms with van der Waals surface area (Å²) in [5.74, 6) is 2.58. The molecule has 2 rings (SSSR count). The molecule has 1 aromatic rings. The van der Waals surface area contributed by atoms with Gasteiger partial charge < -0.3 is 9.73 Å². The highest BCUT2D eigenvalue weighted by molar-refractivity contribution is 8.14. The summed E-state index contributed by atoms with van der Waals surface area (Å²) in [6, 6.07) is -0.0297. The summed E-state index contributed by atoms with van der Waals surface area (Å²) in [4.78, 5) is 8.82. The summed E-state index contributed by atoms with van der Waals surface area (Å²) in [6.45, 7) is 8.31. The number of hydrogen-bond acceptors (Lipinski definition) is 4. The Morgan fingerprint density at radius 1 is 1.71 bits per heavy atom. The minimum absolute atomic E-state index is 0.0297. The van der Waals surface area contributed by atoms with E-state index in [0.29, 0.717) is 5.89 Å². The molecule has 0 saturated carbocycles. The van der Waals surface area contributed by atoms with E-state index in [4.69, 9.17) is 4.42 Å². The van der Waals surface area contributed by atoms with Crippen molar-refractivity contribution in [3.8, 4) is 0 Å². The maximum absolute atomic E-state index is 5.48. The first-order valence-corrected chi connectivity index (χ1v) is 6.92. The lowest BCUT2D eigenvalue weighted by atomic mass is 10.0. The molecule has 0 bridgehead atoms. The van der Waals surface area contributed by atoms with E-state index >= 15 is 0 Å². The number of aliphatic imine (C=N–C) groups is 1. The molecule has 1 fully saturated rings. The first kappa shape index (κ1) is 12.5. The Kier molecular flexibility index (Phi) is 3.47. The average molecular weight is 253 g/mol. The van der Waals surface area contributed by atoms with Gasteiger partial charge in [0.15, 0.2) is 5.17 Å². The maximum atomic E-state index is 5.48. The van der Waals surface area contributed by atoms with E-state index in [-0.39, 0.29) is 11.6 Å². The van der Waals surface area contributed by atoms with Gasteiger partial charge in [0.1, 0.15) is 11.8 Å². The second kappa shape index (κ2) is 4.72. The van der Waals surface area contributed by atoms with Crippen LogP contribution in [0, 0.1) is 6.92 Å². The van der Waals surface area contributed by atoms with Crippen LogP contribution in [0.15, 0.2) is 15.6 Å². The summed E-state index contributed by atoms with van der Waals surface area (Å²) in [7, 11) is 0. The largest absolute Gasteiger partial charge is 0.444 e. The Labute approximate surface area is 106 Å². The molecule has 0 aliphatic carbocycles. The lowest BCUT2D eigenvalue weighted by Gasteiger charge is -2.20. The Morgan fingerprint density at radius 2 is 2.47 bits per heavy atom. The molecule has 0 radical (unpaired) electrons. The molecule has 2 atom stereocenters. The molecule has 1 aromatic heterocycles. The number of aryl methyl sites for hydroxylation is 1. The van der Waals surface area contributed by atoms with Gasteiger partial charge in [-0.05, 0) is 27.2 Å². The van der Waals surface area contributed by atoms with Gasteiger partial charge in [-0.2, -0.15) is 0 Å². The van der Waals surface area contributed by atoms with Crippen molar-refractivity contribution < 1.29 is 4.42 Å². The summed E-state index contributed by atoms with van der Waals surface area (Å²) in [5, 5.41) is 4.47. The molecule has 4 nitrogen and oxygen atoms in total. The third-order valence-corrected chi connectivity index (χ3v) is 4.29. The molecule has 5 heteroatoms. The van der Waals surface area contributed by atoms with Crippen molar-refractivity contribution in [2.24, 2.45) is 4.99 Å². The molecule has 1 N–H and O–H groups in total. The van der Waals surface area contributed by atoms with Gasteiger partial charge in [-0.25, -0.2) is 9.98 Å². The summed E-state index contributed by atoms with van der Waals surface area (Å²) < 4.78 is 5.48. The summed E-state index contributed by atoms with van der Waals surface area (Å²) in [6.07, 6.45) is 2.84. The molecule has 17 heavy (non-hydrogen) atoms. The second-order valence-corrected chi connectivity index (χ2v) is 5.71. The molecule has 0 spiro atoms. The lowest BCUT2D eigenvalue weighted by Crippen LogP contribution is -2.39. The highest BCUT2D eigenvalue weighted by Crippen LogP contribution is 2.27. The molecule has 0 aromatic carbocycles. The predicted molar refractivity (Wildman–Crippen MR) is 71.4 cm³/mol. The Hall–Kier alpha value is -0.970. The number of rotatable bonds is 3. The minimum Gasteiger partial charge on any atom is -0.444 e. The van der Waals surface area contributed by atoms with Crippen molar-refractivity contribution in [2.45, 2.75) is 45.7 Å². The van der Waals surface area contributed by atoms with Crippen LogP contribution in [-0.4, -0.2) is 21.4 Å². The van der Waals surface area contributed by atoms with Crippen LogP contribution in [0.1, 0.15) is 44.9 Å². The van der Waals surface area contributed by atoms with Crippen molar-refractivity contribution in [3.05, 3.63) is 17.8 Å². The molecular formula is C12H19N3OS. The lowest BCUT2D eigenvalue weighted by molar-refractivity contribution is 0.441. The van der Waals surface area contributed by atoms with Gasteiger partial charge in [0, 0.05) is 11.3 Å². The van der Waals surface area contributed by atoms with Crippen molar-refractivity contribution >= 4 is 16.9 Å². The monoisotopic (exact) mass is 253 g/mol. The van der Waals surface area contributed by atoms with Crippen molar-refractivity contribution in [1.82, 2.24) is 10.3 Å². The van der Waals surface area contributed by atoms with Crippen LogP contribution < -0.4 is 5.32 Å². The van der Waals surface area contributed by atoms with Crippen molar-refractivity contribution in [2.75, 3.05) is 5.75 Å². The smallest absolute Gasteiger partial charge is 0.218 e. The van der Waals surface area contributed by atoms with Crippen LogP contribution in [-0.2, 0) is 0 Å². The standard InChI is InChI=1S/C12H19N3OS/c1-5-12(4)7-17-11(15-12)14-9(3)10-13-6-8(2)16-10/h6,9H,5,7H2,1-4H3,(H,14,15). The van der Waals surface area contributed by atoms with Crippen molar-refractivity contribution in [1.29, 1.82) is 0 Å². The Morgan fingerprint density at radius 3 is 3.00 bits per heavy atom. The van der Waals surface area contributed by atoms with E-state index in [1.807, 2.05) is 13.8 Å². The van der Waals surface area contributed by atoms with Gasteiger partial charge in [0.25, 0.3) is 0 Å². The fraction of sp³-hybridized carbons (Fsp3) is 0.667.